The van der Waals surface area contributed by atoms with Crippen molar-refractivity contribution >= 4 is 12.6 Å². The Kier molecular flexibility index (Phi) is 4.07. The summed E-state index contributed by atoms with van der Waals surface area (Å²) in [4.78, 5) is 0. The summed E-state index contributed by atoms with van der Waals surface area (Å²) in [6, 6.07) is 0. The predicted octanol–water partition coefficient (Wildman–Crippen LogP) is 2.37. The molecule has 4 nitrogen and oxygen atoms in total. The normalized spacial score (nSPS) is 21.0. The smallest absolute Gasteiger partial charge is 0.399 e. The zero-order valence-corrected chi connectivity index (χ0v) is 12.8. The highest BCUT2D eigenvalue weighted by molar-refractivity contribution is 6.61. The topological polar surface area (TPSA) is 36.3 Å². The molecule has 0 atom stereocenters. The molecule has 1 fully saturated rings. The first-order valence-corrected chi connectivity index (χ1v) is 7.24. The zero-order valence-electron chi connectivity index (χ0n) is 12.8. The van der Waals surface area contributed by atoms with Crippen LogP contribution in [0.5, 0.6) is 0 Å². The van der Waals surface area contributed by atoms with Crippen molar-refractivity contribution in [2.45, 2.75) is 71.6 Å². The van der Waals surface area contributed by atoms with E-state index < -0.39 is 0 Å². The second-order valence-electron chi connectivity index (χ2n) is 6.33. The van der Waals surface area contributed by atoms with Gasteiger partial charge >= 0.3 is 7.12 Å². The van der Waals surface area contributed by atoms with Gasteiger partial charge in [-0.3, -0.25) is 4.68 Å². The minimum Gasteiger partial charge on any atom is -0.399 e. The van der Waals surface area contributed by atoms with Crippen LogP contribution in [-0.2, 0) is 15.9 Å². The lowest BCUT2D eigenvalue weighted by Crippen LogP contribution is -2.41. The summed E-state index contributed by atoms with van der Waals surface area (Å²) in [6.07, 6.45) is 7.53. The number of nitrogens with zero attached hydrogens (tertiary/aromatic N) is 2. The molecule has 1 aliphatic rings. The Labute approximate surface area is 116 Å². The van der Waals surface area contributed by atoms with E-state index in [-0.39, 0.29) is 18.3 Å². The van der Waals surface area contributed by atoms with E-state index in [1.807, 2.05) is 17.1 Å². The van der Waals surface area contributed by atoms with Gasteiger partial charge in [0, 0.05) is 24.4 Å². The van der Waals surface area contributed by atoms with Crippen LogP contribution >= 0.6 is 0 Å². The van der Waals surface area contributed by atoms with E-state index in [0.717, 1.165) is 12.0 Å². The van der Waals surface area contributed by atoms with Crippen LogP contribution in [0.15, 0.2) is 12.4 Å². The van der Waals surface area contributed by atoms with Gasteiger partial charge in [0.25, 0.3) is 0 Å². The Balaban J connectivity index is 2.00. The lowest BCUT2D eigenvalue weighted by atomic mass is 9.82. The number of unbranched alkanes of at least 4 members (excludes halogenated alkanes) is 2. The van der Waals surface area contributed by atoms with Crippen LogP contribution in [0.2, 0.25) is 0 Å². The summed E-state index contributed by atoms with van der Waals surface area (Å²) >= 11 is 0. The molecule has 1 aromatic heterocycles. The molecule has 1 saturated heterocycles. The van der Waals surface area contributed by atoms with Crippen molar-refractivity contribution in [2.24, 2.45) is 0 Å². The lowest BCUT2D eigenvalue weighted by molar-refractivity contribution is 0.00578. The first-order chi connectivity index (χ1) is 8.86. The molecule has 19 heavy (non-hydrogen) atoms. The summed E-state index contributed by atoms with van der Waals surface area (Å²) in [7, 11) is -0.301. The van der Waals surface area contributed by atoms with Gasteiger partial charge in [-0.2, -0.15) is 5.10 Å². The van der Waals surface area contributed by atoms with Gasteiger partial charge in [-0.1, -0.05) is 19.8 Å². The SMILES string of the molecule is CCCCCn1cc(B2OC(C)(C)C(C)(C)O2)cn1. The average Bonchev–Trinajstić information content (AvgIpc) is 2.83. The third kappa shape index (κ3) is 3.03. The highest BCUT2D eigenvalue weighted by Crippen LogP contribution is 2.36. The van der Waals surface area contributed by atoms with Crippen LogP contribution < -0.4 is 5.46 Å². The monoisotopic (exact) mass is 264 g/mol. The highest BCUT2D eigenvalue weighted by atomic mass is 16.7. The number of hydrogen-bond acceptors (Lipinski definition) is 3. The van der Waals surface area contributed by atoms with Crippen LogP contribution in [0.1, 0.15) is 53.9 Å². The highest BCUT2D eigenvalue weighted by Gasteiger charge is 2.52. The van der Waals surface area contributed by atoms with Gasteiger partial charge in [-0.15, -0.1) is 0 Å². The molecule has 1 aliphatic heterocycles. The second-order valence-corrected chi connectivity index (χ2v) is 6.33. The van der Waals surface area contributed by atoms with Crippen LogP contribution in [0, 0.1) is 0 Å². The molecule has 2 rings (SSSR count). The molecule has 5 heteroatoms. The van der Waals surface area contributed by atoms with Crippen LogP contribution in [-0.4, -0.2) is 28.1 Å². The standard InChI is InChI=1S/C14H25BN2O2/c1-6-7-8-9-17-11-12(10-16-17)15-18-13(2,3)14(4,5)19-15/h10-11H,6-9H2,1-5H3. The minimum absolute atomic E-state index is 0.290. The number of aryl methyl sites for hydroxylation is 1. The van der Waals surface area contributed by atoms with Gasteiger partial charge < -0.3 is 9.31 Å². The molecular weight excluding hydrogens is 239 g/mol. The Morgan fingerprint density at radius 3 is 2.37 bits per heavy atom. The molecule has 0 unspecified atom stereocenters. The van der Waals surface area contributed by atoms with Gasteiger partial charge in [0.05, 0.1) is 11.2 Å². The number of aromatic nitrogens is 2. The van der Waals surface area contributed by atoms with Crippen molar-refractivity contribution in [1.82, 2.24) is 9.78 Å². The summed E-state index contributed by atoms with van der Waals surface area (Å²) in [5.41, 5.74) is 0.430. The summed E-state index contributed by atoms with van der Waals surface area (Å²) < 4.78 is 14.0. The van der Waals surface area contributed by atoms with E-state index in [1.165, 1.54) is 19.3 Å². The zero-order chi connectivity index (χ0) is 14.1. The van der Waals surface area contributed by atoms with Crippen molar-refractivity contribution in [3.05, 3.63) is 12.4 Å². The van der Waals surface area contributed by atoms with Crippen molar-refractivity contribution in [3.8, 4) is 0 Å². The van der Waals surface area contributed by atoms with E-state index in [2.05, 4.69) is 39.7 Å². The fraction of sp³-hybridized carbons (Fsp3) is 0.786. The maximum atomic E-state index is 6.01. The van der Waals surface area contributed by atoms with Crippen molar-refractivity contribution < 1.29 is 9.31 Å². The van der Waals surface area contributed by atoms with Gasteiger partial charge in [0.2, 0.25) is 0 Å². The second kappa shape index (κ2) is 5.29. The van der Waals surface area contributed by atoms with Crippen molar-refractivity contribution in [1.29, 1.82) is 0 Å². The number of hydrogen-bond donors (Lipinski definition) is 0. The molecule has 0 radical (unpaired) electrons. The summed E-state index contributed by atoms with van der Waals surface area (Å²) in [5, 5.41) is 4.38. The van der Waals surface area contributed by atoms with E-state index in [1.54, 1.807) is 0 Å². The Bertz CT molecular complexity index is 413. The third-order valence-corrected chi connectivity index (χ3v) is 4.17. The fourth-order valence-electron chi connectivity index (χ4n) is 2.13. The molecule has 0 amide bonds. The molecule has 0 saturated carbocycles. The fourth-order valence-corrected chi connectivity index (χ4v) is 2.13. The molecule has 0 aromatic carbocycles. The van der Waals surface area contributed by atoms with Crippen molar-refractivity contribution in [3.63, 3.8) is 0 Å². The molecule has 1 aromatic rings. The maximum Gasteiger partial charge on any atom is 0.498 e. The van der Waals surface area contributed by atoms with Crippen molar-refractivity contribution in [2.75, 3.05) is 0 Å². The van der Waals surface area contributed by atoms with Gasteiger partial charge in [0.1, 0.15) is 0 Å². The minimum atomic E-state index is -0.301. The van der Waals surface area contributed by atoms with Gasteiger partial charge in [0.15, 0.2) is 0 Å². The molecule has 0 spiro atoms. The van der Waals surface area contributed by atoms with Crippen LogP contribution in [0.25, 0.3) is 0 Å². The van der Waals surface area contributed by atoms with Gasteiger partial charge in [-0.25, -0.2) is 0 Å². The van der Waals surface area contributed by atoms with Crippen LogP contribution in [0.3, 0.4) is 0 Å². The molecule has 0 aliphatic carbocycles. The largest absolute Gasteiger partial charge is 0.498 e. The van der Waals surface area contributed by atoms with E-state index in [9.17, 15) is 0 Å². The van der Waals surface area contributed by atoms with E-state index >= 15 is 0 Å². The molecule has 0 N–H and O–H groups in total. The van der Waals surface area contributed by atoms with E-state index in [4.69, 9.17) is 9.31 Å². The molecular formula is C14H25BN2O2. The average molecular weight is 264 g/mol. The molecule has 106 valence electrons. The Morgan fingerprint density at radius 1 is 1.16 bits per heavy atom. The third-order valence-electron chi connectivity index (χ3n) is 4.17. The molecule has 0 bridgehead atoms. The lowest BCUT2D eigenvalue weighted by Gasteiger charge is -2.32. The Hall–Kier alpha value is -0.805. The quantitative estimate of drug-likeness (QED) is 0.605. The first-order valence-electron chi connectivity index (χ1n) is 7.24. The maximum absolute atomic E-state index is 6.01. The predicted molar refractivity (Wildman–Crippen MR) is 77.5 cm³/mol. The first kappa shape index (κ1) is 14.6. The Morgan fingerprint density at radius 2 is 1.79 bits per heavy atom. The summed E-state index contributed by atoms with van der Waals surface area (Å²) in [6.45, 7) is 11.4. The van der Waals surface area contributed by atoms with Gasteiger partial charge in [-0.05, 0) is 34.1 Å². The molecule has 2 heterocycles. The van der Waals surface area contributed by atoms with E-state index in [0.29, 0.717) is 0 Å². The van der Waals surface area contributed by atoms with Crippen LogP contribution in [0.4, 0.5) is 0 Å². The number of rotatable bonds is 5. The summed E-state index contributed by atoms with van der Waals surface area (Å²) in [5.74, 6) is 0.